The molecule has 2 aromatic rings. The zero-order valence-corrected chi connectivity index (χ0v) is 18.3. The second-order valence-electron chi connectivity index (χ2n) is 6.78. The fourth-order valence-corrected chi connectivity index (χ4v) is 4.34. The van der Waals surface area contributed by atoms with E-state index in [1.165, 1.54) is 11.8 Å². The number of ether oxygens (including phenoxy) is 2. The normalized spacial score (nSPS) is 17.3. The van der Waals surface area contributed by atoms with Crippen LogP contribution in [-0.4, -0.2) is 48.4 Å². The van der Waals surface area contributed by atoms with Crippen LogP contribution in [0.3, 0.4) is 0 Å². The maximum Gasteiger partial charge on any atom is 0.242 e. The van der Waals surface area contributed by atoms with Gasteiger partial charge in [0, 0.05) is 13.5 Å². The lowest BCUT2D eigenvalue weighted by Crippen LogP contribution is -2.33. The van der Waals surface area contributed by atoms with Gasteiger partial charge in [-0.3, -0.25) is 14.5 Å². The van der Waals surface area contributed by atoms with Gasteiger partial charge in [0.2, 0.25) is 11.8 Å². The maximum absolute atomic E-state index is 13.1. The molecule has 0 aliphatic carbocycles. The van der Waals surface area contributed by atoms with E-state index in [0.717, 1.165) is 16.9 Å². The van der Waals surface area contributed by atoms with Gasteiger partial charge in [-0.2, -0.15) is 0 Å². The first kappa shape index (κ1) is 21.7. The first-order chi connectivity index (χ1) is 14.5. The third-order valence-corrected chi connectivity index (χ3v) is 5.95. The molecule has 1 aliphatic heterocycles. The van der Waals surface area contributed by atoms with Crippen LogP contribution >= 0.6 is 11.8 Å². The number of carbonyl (C=O) groups is 2. The number of aryl methyl sites for hydroxylation is 1. The first-order valence-corrected chi connectivity index (χ1v) is 10.4. The first-order valence-electron chi connectivity index (χ1n) is 9.50. The standard InChI is InChI=1S/C22H25N3O4S/c1-14-11-15(9-10-17(14)28-3)13-25-21(27)19(12-20(26)23-2)30-22(25)24-16-7-5-6-8-18(16)29-4/h5-11,19H,12-13H2,1-4H3,(H,23,26). The summed E-state index contributed by atoms with van der Waals surface area (Å²) in [4.78, 5) is 31.3. The van der Waals surface area contributed by atoms with Crippen LogP contribution in [0.5, 0.6) is 11.5 Å². The van der Waals surface area contributed by atoms with Gasteiger partial charge in [0.15, 0.2) is 5.17 Å². The summed E-state index contributed by atoms with van der Waals surface area (Å²) < 4.78 is 10.7. The van der Waals surface area contributed by atoms with E-state index in [9.17, 15) is 9.59 Å². The largest absolute Gasteiger partial charge is 0.496 e. The predicted molar refractivity (Wildman–Crippen MR) is 118 cm³/mol. The Kier molecular flexibility index (Phi) is 6.99. The Balaban J connectivity index is 1.94. The molecule has 0 bridgehead atoms. The minimum atomic E-state index is -0.516. The maximum atomic E-state index is 13.1. The minimum absolute atomic E-state index is 0.100. The molecule has 2 amide bonds. The highest BCUT2D eigenvalue weighted by atomic mass is 32.2. The van der Waals surface area contributed by atoms with Gasteiger partial charge in [0.1, 0.15) is 22.4 Å². The average Bonchev–Trinajstić information content (AvgIpc) is 3.03. The van der Waals surface area contributed by atoms with Crippen LogP contribution in [0.25, 0.3) is 0 Å². The Bertz CT molecular complexity index is 977. The number of para-hydroxylation sites is 2. The number of rotatable bonds is 7. The molecule has 1 fully saturated rings. The second-order valence-corrected chi connectivity index (χ2v) is 7.95. The van der Waals surface area contributed by atoms with Gasteiger partial charge >= 0.3 is 0 Å². The van der Waals surface area contributed by atoms with Crippen LogP contribution in [-0.2, 0) is 16.1 Å². The van der Waals surface area contributed by atoms with Crippen molar-refractivity contribution < 1.29 is 19.1 Å². The molecule has 158 valence electrons. The molecular weight excluding hydrogens is 402 g/mol. The van der Waals surface area contributed by atoms with E-state index < -0.39 is 5.25 Å². The van der Waals surface area contributed by atoms with Crippen LogP contribution in [0.1, 0.15) is 17.5 Å². The summed E-state index contributed by atoms with van der Waals surface area (Å²) in [5.74, 6) is 1.10. The zero-order chi connectivity index (χ0) is 21.7. The van der Waals surface area contributed by atoms with E-state index >= 15 is 0 Å². The van der Waals surface area contributed by atoms with Gasteiger partial charge in [-0.15, -0.1) is 0 Å². The summed E-state index contributed by atoms with van der Waals surface area (Å²) in [7, 11) is 4.77. The number of amides is 2. The molecule has 0 saturated carbocycles. The van der Waals surface area contributed by atoms with Gasteiger partial charge in [-0.1, -0.05) is 36.0 Å². The summed E-state index contributed by atoms with van der Waals surface area (Å²) in [6.45, 7) is 2.32. The summed E-state index contributed by atoms with van der Waals surface area (Å²) in [6, 6.07) is 13.2. The molecule has 0 spiro atoms. The van der Waals surface area contributed by atoms with Crippen molar-refractivity contribution in [2.45, 2.75) is 25.1 Å². The van der Waals surface area contributed by atoms with Crippen LogP contribution < -0.4 is 14.8 Å². The molecule has 30 heavy (non-hydrogen) atoms. The smallest absolute Gasteiger partial charge is 0.242 e. The Hall–Kier alpha value is -3.00. The van der Waals surface area contributed by atoms with Crippen molar-refractivity contribution in [3.05, 3.63) is 53.6 Å². The van der Waals surface area contributed by atoms with Gasteiger partial charge in [0.05, 0.1) is 20.8 Å². The monoisotopic (exact) mass is 427 g/mol. The lowest BCUT2D eigenvalue weighted by atomic mass is 10.1. The molecule has 2 aromatic carbocycles. The van der Waals surface area contributed by atoms with Crippen molar-refractivity contribution in [3.63, 3.8) is 0 Å². The minimum Gasteiger partial charge on any atom is -0.496 e. The SMILES string of the molecule is CNC(=O)CC1SC(=Nc2ccccc2OC)N(Cc2ccc(OC)c(C)c2)C1=O. The topological polar surface area (TPSA) is 80.2 Å². The fraction of sp³-hybridized carbons (Fsp3) is 0.318. The Morgan fingerprint density at radius 3 is 2.57 bits per heavy atom. The van der Waals surface area contributed by atoms with Crippen LogP contribution in [0.4, 0.5) is 5.69 Å². The van der Waals surface area contributed by atoms with E-state index in [0.29, 0.717) is 23.1 Å². The number of aliphatic imine (C=N–C) groups is 1. The van der Waals surface area contributed by atoms with Crippen molar-refractivity contribution in [2.75, 3.05) is 21.3 Å². The van der Waals surface area contributed by atoms with E-state index in [2.05, 4.69) is 5.32 Å². The van der Waals surface area contributed by atoms with E-state index in [1.807, 2.05) is 49.4 Å². The van der Waals surface area contributed by atoms with Crippen molar-refractivity contribution in [3.8, 4) is 11.5 Å². The number of methoxy groups -OCH3 is 2. The van der Waals surface area contributed by atoms with Gasteiger partial charge < -0.3 is 14.8 Å². The number of nitrogens with zero attached hydrogens (tertiary/aromatic N) is 2. The molecule has 1 heterocycles. The molecular formula is C22H25N3O4S. The molecule has 0 aromatic heterocycles. The lowest BCUT2D eigenvalue weighted by Gasteiger charge is -2.18. The van der Waals surface area contributed by atoms with E-state index in [-0.39, 0.29) is 18.2 Å². The predicted octanol–water partition coefficient (Wildman–Crippen LogP) is 3.28. The zero-order valence-electron chi connectivity index (χ0n) is 17.5. The quantitative estimate of drug-likeness (QED) is 0.734. The molecule has 8 heteroatoms. The summed E-state index contributed by atoms with van der Waals surface area (Å²) in [5.41, 5.74) is 2.57. The summed E-state index contributed by atoms with van der Waals surface area (Å²) in [5, 5.41) is 2.62. The Labute approximate surface area is 180 Å². The molecule has 1 saturated heterocycles. The summed E-state index contributed by atoms with van der Waals surface area (Å²) in [6.07, 6.45) is 0.100. The number of amidine groups is 1. The number of thioether (sulfide) groups is 1. The molecule has 1 atom stereocenters. The van der Waals surface area contributed by atoms with E-state index in [1.54, 1.807) is 26.2 Å². The lowest BCUT2D eigenvalue weighted by molar-refractivity contribution is -0.129. The van der Waals surface area contributed by atoms with Crippen molar-refractivity contribution in [2.24, 2.45) is 4.99 Å². The Morgan fingerprint density at radius 2 is 1.90 bits per heavy atom. The Morgan fingerprint density at radius 1 is 1.17 bits per heavy atom. The molecule has 3 rings (SSSR count). The third-order valence-electron chi connectivity index (χ3n) is 4.77. The van der Waals surface area contributed by atoms with E-state index in [4.69, 9.17) is 14.5 Å². The van der Waals surface area contributed by atoms with Crippen LogP contribution in [0.15, 0.2) is 47.5 Å². The number of carbonyl (C=O) groups excluding carboxylic acids is 2. The third kappa shape index (κ3) is 4.76. The highest BCUT2D eigenvalue weighted by Crippen LogP contribution is 2.35. The molecule has 1 N–H and O–H groups in total. The van der Waals surface area contributed by atoms with Crippen LogP contribution in [0.2, 0.25) is 0 Å². The van der Waals surface area contributed by atoms with Crippen molar-refractivity contribution in [1.82, 2.24) is 10.2 Å². The fourth-order valence-electron chi connectivity index (χ4n) is 3.19. The number of benzene rings is 2. The molecule has 1 unspecified atom stereocenters. The van der Waals surface area contributed by atoms with Gasteiger partial charge in [0.25, 0.3) is 0 Å². The molecule has 7 nitrogen and oxygen atoms in total. The number of hydrogen-bond donors (Lipinski definition) is 1. The number of hydrogen-bond acceptors (Lipinski definition) is 6. The summed E-state index contributed by atoms with van der Waals surface area (Å²) >= 11 is 1.30. The highest BCUT2D eigenvalue weighted by molar-refractivity contribution is 8.15. The average molecular weight is 428 g/mol. The van der Waals surface area contributed by atoms with Gasteiger partial charge in [-0.25, -0.2) is 4.99 Å². The van der Waals surface area contributed by atoms with Crippen molar-refractivity contribution in [1.29, 1.82) is 0 Å². The van der Waals surface area contributed by atoms with Crippen molar-refractivity contribution >= 4 is 34.4 Å². The highest BCUT2D eigenvalue weighted by Gasteiger charge is 2.39. The second kappa shape index (κ2) is 9.67. The molecule has 1 aliphatic rings. The van der Waals surface area contributed by atoms with Crippen LogP contribution in [0, 0.1) is 6.92 Å². The number of nitrogens with one attached hydrogen (secondary N) is 1. The molecule has 0 radical (unpaired) electrons. The van der Waals surface area contributed by atoms with Gasteiger partial charge in [-0.05, 0) is 36.2 Å².